The van der Waals surface area contributed by atoms with Crippen molar-refractivity contribution in [2.45, 2.75) is 33.2 Å². The lowest BCUT2D eigenvalue weighted by Gasteiger charge is -2.10. The minimum Gasteiger partial charge on any atom is -0.341 e. The summed E-state index contributed by atoms with van der Waals surface area (Å²) in [4.78, 5) is 21.0. The molecule has 0 saturated carbocycles. The molecule has 0 aromatic carbocycles. The van der Waals surface area contributed by atoms with Gasteiger partial charge in [-0.1, -0.05) is 19.0 Å². The summed E-state index contributed by atoms with van der Waals surface area (Å²) in [6, 6.07) is 2.89. The summed E-state index contributed by atoms with van der Waals surface area (Å²) in [5.41, 5.74) is 0.465. The fraction of sp³-hybridized carbons (Fsp3) is 0.375. The van der Waals surface area contributed by atoms with Gasteiger partial charge in [-0.25, -0.2) is 4.98 Å². The highest BCUT2D eigenvalue weighted by Crippen LogP contribution is 2.13. The van der Waals surface area contributed by atoms with Crippen LogP contribution in [0.5, 0.6) is 0 Å². The maximum Gasteiger partial charge on any atom is 0.252 e. The Hall–Kier alpha value is -3.10. The summed E-state index contributed by atoms with van der Waals surface area (Å²) in [7, 11) is 0. The molecule has 0 aliphatic carbocycles. The molecule has 0 unspecified atom stereocenters. The second-order valence-electron chi connectivity index (χ2n) is 6.11. The number of nitrogens with zero attached hydrogens (tertiary/aromatic N) is 6. The van der Waals surface area contributed by atoms with Crippen LogP contribution in [0.3, 0.4) is 0 Å². The summed E-state index contributed by atoms with van der Waals surface area (Å²) in [5, 5.41) is 14.2. The fourth-order valence-electron chi connectivity index (χ4n) is 2.25. The number of hydrogen-bond acceptors (Lipinski definition) is 7. The first-order valence-electron chi connectivity index (χ1n) is 7.97. The zero-order valence-corrected chi connectivity index (χ0v) is 14.2. The van der Waals surface area contributed by atoms with Crippen LogP contribution in [0.4, 0.5) is 0 Å². The molecule has 0 bridgehead atoms. The van der Waals surface area contributed by atoms with E-state index in [-0.39, 0.29) is 5.91 Å². The summed E-state index contributed by atoms with van der Waals surface area (Å²) in [5.74, 6) is 1.76. The van der Waals surface area contributed by atoms with Crippen LogP contribution < -0.4 is 5.32 Å². The molecule has 0 radical (unpaired) electrons. The van der Waals surface area contributed by atoms with Gasteiger partial charge in [0.25, 0.3) is 5.91 Å². The van der Waals surface area contributed by atoms with Gasteiger partial charge in [-0.2, -0.15) is 4.98 Å². The molecule has 3 heterocycles. The van der Waals surface area contributed by atoms with Crippen molar-refractivity contribution >= 4 is 5.91 Å². The quantitative estimate of drug-likeness (QED) is 0.726. The second kappa shape index (κ2) is 7.20. The molecule has 3 aromatic rings. The van der Waals surface area contributed by atoms with E-state index in [2.05, 4.69) is 44.5 Å². The topological polar surface area (TPSA) is 112 Å². The van der Waals surface area contributed by atoms with Gasteiger partial charge in [-0.15, -0.1) is 10.2 Å². The number of pyridine rings is 1. The molecule has 1 amide bonds. The molecule has 0 saturated heterocycles. The van der Waals surface area contributed by atoms with Gasteiger partial charge in [0.15, 0.2) is 5.82 Å². The van der Waals surface area contributed by atoms with Crippen molar-refractivity contribution in [2.24, 2.45) is 5.92 Å². The van der Waals surface area contributed by atoms with Crippen molar-refractivity contribution in [3.8, 4) is 5.82 Å². The Morgan fingerprint density at radius 2 is 2.04 bits per heavy atom. The Kier molecular flexibility index (Phi) is 4.82. The lowest BCUT2D eigenvalue weighted by atomic mass is 10.1. The Labute approximate surface area is 144 Å². The zero-order valence-electron chi connectivity index (χ0n) is 14.2. The SMILES string of the molecule is CC(C)Cc1noc([C@H](C)NC(=O)c2ccnc(-n3cnnc3)c2)n1. The molecule has 1 N–H and O–H groups in total. The van der Waals surface area contributed by atoms with Crippen molar-refractivity contribution < 1.29 is 9.32 Å². The van der Waals surface area contributed by atoms with Gasteiger partial charge in [0, 0.05) is 18.2 Å². The number of rotatable bonds is 6. The van der Waals surface area contributed by atoms with Crippen LogP contribution in [0, 0.1) is 5.92 Å². The molecular formula is C16H19N7O2. The van der Waals surface area contributed by atoms with E-state index in [1.54, 1.807) is 29.8 Å². The van der Waals surface area contributed by atoms with E-state index in [0.29, 0.717) is 29.0 Å². The first-order chi connectivity index (χ1) is 12.0. The largest absolute Gasteiger partial charge is 0.341 e. The van der Waals surface area contributed by atoms with Gasteiger partial charge >= 0.3 is 0 Å². The Morgan fingerprint density at radius 3 is 2.76 bits per heavy atom. The molecule has 1 atom stereocenters. The van der Waals surface area contributed by atoms with Gasteiger partial charge in [0.1, 0.15) is 24.5 Å². The number of carbonyl (C=O) groups excluding carboxylic acids is 1. The van der Waals surface area contributed by atoms with Gasteiger partial charge in [0.05, 0.1) is 0 Å². The summed E-state index contributed by atoms with van der Waals surface area (Å²) < 4.78 is 6.86. The molecular weight excluding hydrogens is 322 g/mol. The lowest BCUT2D eigenvalue weighted by Crippen LogP contribution is -2.27. The van der Waals surface area contributed by atoms with Gasteiger partial charge in [0.2, 0.25) is 5.89 Å². The molecule has 9 heteroatoms. The Bertz CT molecular complexity index is 842. The third-order valence-corrected chi connectivity index (χ3v) is 3.48. The fourth-order valence-corrected chi connectivity index (χ4v) is 2.25. The third-order valence-electron chi connectivity index (χ3n) is 3.48. The van der Waals surface area contributed by atoms with E-state index in [1.807, 2.05) is 0 Å². The monoisotopic (exact) mass is 341 g/mol. The molecule has 9 nitrogen and oxygen atoms in total. The average Bonchev–Trinajstić information content (AvgIpc) is 3.26. The van der Waals surface area contributed by atoms with Crippen LogP contribution in [0.25, 0.3) is 5.82 Å². The average molecular weight is 341 g/mol. The molecule has 0 spiro atoms. The van der Waals surface area contributed by atoms with Crippen molar-refractivity contribution in [1.29, 1.82) is 0 Å². The first kappa shape index (κ1) is 16.7. The lowest BCUT2D eigenvalue weighted by molar-refractivity contribution is 0.0932. The normalized spacial score (nSPS) is 12.3. The van der Waals surface area contributed by atoms with E-state index >= 15 is 0 Å². The number of aromatic nitrogens is 6. The molecule has 0 aliphatic heterocycles. The van der Waals surface area contributed by atoms with Crippen LogP contribution in [0.2, 0.25) is 0 Å². The van der Waals surface area contributed by atoms with Crippen LogP contribution in [-0.2, 0) is 6.42 Å². The highest BCUT2D eigenvalue weighted by atomic mass is 16.5. The predicted octanol–water partition coefficient (Wildman–Crippen LogP) is 1.73. The smallest absolute Gasteiger partial charge is 0.252 e. The van der Waals surface area contributed by atoms with E-state index < -0.39 is 6.04 Å². The Balaban J connectivity index is 1.69. The molecule has 0 aliphatic rings. The van der Waals surface area contributed by atoms with Crippen LogP contribution in [-0.4, -0.2) is 35.8 Å². The van der Waals surface area contributed by atoms with Crippen molar-refractivity contribution in [2.75, 3.05) is 0 Å². The number of carbonyl (C=O) groups is 1. The standard InChI is InChI=1S/C16H19N7O2/c1-10(2)6-13-21-16(25-22-13)11(3)20-15(24)12-4-5-17-14(7-12)23-8-18-19-9-23/h4-5,7-11H,6H2,1-3H3,(H,20,24)/t11-/m0/s1. The van der Waals surface area contributed by atoms with Crippen LogP contribution in [0.1, 0.15) is 48.9 Å². The van der Waals surface area contributed by atoms with Gasteiger partial charge in [-0.3, -0.25) is 9.36 Å². The molecule has 0 fully saturated rings. The first-order valence-corrected chi connectivity index (χ1v) is 7.97. The maximum absolute atomic E-state index is 12.5. The van der Waals surface area contributed by atoms with Crippen molar-refractivity contribution in [3.63, 3.8) is 0 Å². The number of nitrogens with one attached hydrogen (secondary N) is 1. The third kappa shape index (κ3) is 4.06. The van der Waals surface area contributed by atoms with Crippen molar-refractivity contribution in [1.82, 2.24) is 35.2 Å². The van der Waals surface area contributed by atoms with E-state index in [4.69, 9.17) is 4.52 Å². The number of amides is 1. The minimum absolute atomic E-state index is 0.257. The van der Waals surface area contributed by atoms with E-state index in [0.717, 1.165) is 6.42 Å². The van der Waals surface area contributed by atoms with Gasteiger partial charge < -0.3 is 9.84 Å². The molecule has 3 rings (SSSR count). The molecule has 130 valence electrons. The van der Waals surface area contributed by atoms with Crippen molar-refractivity contribution in [3.05, 3.63) is 48.3 Å². The maximum atomic E-state index is 12.5. The Morgan fingerprint density at radius 1 is 1.28 bits per heavy atom. The van der Waals surface area contributed by atoms with Crippen LogP contribution in [0.15, 0.2) is 35.5 Å². The minimum atomic E-state index is -0.396. The van der Waals surface area contributed by atoms with E-state index in [9.17, 15) is 4.79 Å². The predicted molar refractivity (Wildman–Crippen MR) is 87.9 cm³/mol. The molecule has 3 aromatic heterocycles. The molecule has 25 heavy (non-hydrogen) atoms. The van der Waals surface area contributed by atoms with Gasteiger partial charge in [-0.05, 0) is 25.0 Å². The summed E-state index contributed by atoms with van der Waals surface area (Å²) in [6.45, 7) is 5.96. The second-order valence-corrected chi connectivity index (χ2v) is 6.11. The highest BCUT2D eigenvalue weighted by Gasteiger charge is 2.18. The van der Waals surface area contributed by atoms with E-state index in [1.165, 1.54) is 12.7 Å². The highest BCUT2D eigenvalue weighted by molar-refractivity contribution is 5.94. The summed E-state index contributed by atoms with van der Waals surface area (Å²) >= 11 is 0. The van der Waals surface area contributed by atoms with Crippen LogP contribution >= 0.6 is 0 Å². The number of hydrogen-bond donors (Lipinski definition) is 1. The zero-order chi connectivity index (χ0) is 17.8. The summed E-state index contributed by atoms with van der Waals surface area (Å²) in [6.07, 6.45) is 5.32.